The van der Waals surface area contributed by atoms with Crippen molar-refractivity contribution in [3.8, 4) is 0 Å². The van der Waals surface area contributed by atoms with Crippen LogP contribution in [0.4, 0.5) is 0 Å². The number of rotatable bonds is 7. The summed E-state index contributed by atoms with van der Waals surface area (Å²) in [6.45, 7) is 6.42. The molecule has 0 amide bonds. The number of aliphatic carboxylic acids is 3. The van der Waals surface area contributed by atoms with Crippen LogP contribution in [0.2, 0.25) is 0 Å². The first-order valence-electron chi connectivity index (χ1n) is 7.51. The maximum absolute atomic E-state index is 10.2. The number of aliphatic hydroxyl groups is 2. The van der Waals surface area contributed by atoms with E-state index in [1.54, 1.807) is 0 Å². The fraction of sp³-hybridized carbons (Fsp3) is 0.786. The van der Waals surface area contributed by atoms with Gasteiger partial charge in [-0.2, -0.15) is 0 Å². The second kappa shape index (κ2) is 14.5. The van der Waals surface area contributed by atoms with E-state index in [2.05, 4.69) is 0 Å². The van der Waals surface area contributed by atoms with E-state index in [1.807, 2.05) is 13.8 Å². The Kier molecular flexibility index (Phi) is 16.3. The molecule has 0 heterocycles. The zero-order valence-electron chi connectivity index (χ0n) is 14.9. The topological polar surface area (TPSA) is 230 Å². The molecule has 0 bridgehead atoms. The Balaban J connectivity index is -0.000000291. The Labute approximate surface area is 146 Å². The Morgan fingerprint density at radius 3 is 1.00 bits per heavy atom. The van der Waals surface area contributed by atoms with Gasteiger partial charge in [-0.05, 0) is 19.8 Å². The zero-order chi connectivity index (χ0) is 20.9. The lowest BCUT2D eigenvalue weighted by Crippen LogP contribution is -2.39. The number of nitrogens with two attached hydrogens (primary N) is 3. The van der Waals surface area contributed by atoms with E-state index < -0.39 is 48.2 Å². The molecule has 0 spiro atoms. The first-order chi connectivity index (χ1) is 11.2. The third-order valence-electron chi connectivity index (χ3n) is 3.15. The van der Waals surface area contributed by atoms with Crippen LogP contribution in [-0.2, 0) is 14.4 Å². The van der Waals surface area contributed by atoms with Gasteiger partial charge in [0.05, 0.1) is 12.2 Å². The summed E-state index contributed by atoms with van der Waals surface area (Å²) in [6.07, 6.45) is -1.15. The highest BCUT2D eigenvalue weighted by molar-refractivity contribution is 5.74. The number of hydrogen-bond donors (Lipinski definition) is 8. The van der Waals surface area contributed by atoms with Crippen molar-refractivity contribution in [3.63, 3.8) is 0 Å². The summed E-state index contributed by atoms with van der Waals surface area (Å²) >= 11 is 0. The summed E-state index contributed by atoms with van der Waals surface area (Å²) in [6, 6.07) is -3.01. The molecule has 0 aliphatic heterocycles. The molecule has 0 aliphatic rings. The lowest BCUT2D eigenvalue weighted by Gasteiger charge is -2.11. The highest BCUT2D eigenvalue weighted by Gasteiger charge is 2.17. The van der Waals surface area contributed by atoms with Gasteiger partial charge < -0.3 is 42.7 Å². The van der Waals surface area contributed by atoms with Crippen molar-refractivity contribution in [1.82, 2.24) is 0 Å². The molecule has 0 fully saturated rings. The van der Waals surface area contributed by atoms with E-state index in [9.17, 15) is 14.4 Å². The molecule has 25 heavy (non-hydrogen) atoms. The maximum atomic E-state index is 10.2. The minimum Gasteiger partial charge on any atom is -0.480 e. The largest absolute Gasteiger partial charge is 0.480 e. The van der Waals surface area contributed by atoms with E-state index in [4.69, 9.17) is 42.7 Å². The van der Waals surface area contributed by atoms with E-state index >= 15 is 0 Å². The van der Waals surface area contributed by atoms with Crippen LogP contribution < -0.4 is 17.2 Å². The van der Waals surface area contributed by atoms with Crippen LogP contribution >= 0.6 is 0 Å². The number of hydrogen-bond acceptors (Lipinski definition) is 8. The van der Waals surface area contributed by atoms with E-state index in [-0.39, 0.29) is 5.92 Å². The summed E-state index contributed by atoms with van der Waals surface area (Å²) in [5.41, 5.74) is 15.1. The summed E-state index contributed by atoms with van der Waals surface area (Å²) in [5.74, 6) is -3.20. The maximum Gasteiger partial charge on any atom is 0.323 e. The van der Waals surface area contributed by atoms with Crippen LogP contribution in [0.15, 0.2) is 0 Å². The van der Waals surface area contributed by atoms with E-state index in [1.165, 1.54) is 13.8 Å². The second-order valence-corrected chi connectivity index (χ2v) is 5.46. The minimum absolute atomic E-state index is 0.0718. The Morgan fingerprint density at radius 1 is 0.720 bits per heavy atom. The standard InChI is InChI=1S/C6H13NO2.2C4H9NO3/c1-3-4(2)5(7)6(8)9;2*1-2(6)3(5)4(7)8/h4-5H,3,7H2,1-2H3,(H,8,9);2*2-3,6H,5H2,1H3,(H,7,8). The highest BCUT2D eigenvalue weighted by atomic mass is 16.4. The number of carbonyl (C=O) groups is 3. The molecule has 0 saturated heterocycles. The van der Waals surface area contributed by atoms with Crippen LogP contribution in [0.3, 0.4) is 0 Å². The predicted molar refractivity (Wildman–Crippen MR) is 89.7 cm³/mol. The van der Waals surface area contributed by atoms with Crippen molar-refractivity contribution in [2.75, 3.05) is 0 Å². The molecule has 11 heteroatoms. The molecule has 0 aliphatic carbocycles. The van der Waals surface area contributed by atoms with Crippen molar-refractivity contribution in [3.05, 3.63) is 0 Å². The second-order valence-electron chi connectivity index (χ2n) is 5.46. The van der Waals surface area contributed by atoms with Crippen LogP contribution in [0, 0.1) is 5.92 Å². The quantitative estimate of drug-likeness (QED) is 0.244. The molecule has 0 radical (unpaired) electrons. The molecule has 11 N–H and O–H groups in total. The lowest BCUT2D eigenvalue weighted by atomic mass is 10.0. The van der Waals surface area contributed by atoms with Crippen molar-refractivity contribution in [2.24, 2.45) is 23.1 Å². The van der Waals surface area contributed by atoms with Crippen LogP contribution in [0.5, 0.6) is 0 Å². The van der Waals surface area contributed by atoms with Gasteiger partial charge in [-0.3, -0.25) is 14.4 Å². The SMILES string of the molecule is CC(O)C(N)C(=O)O.CC(O)C(N)C(=O)O.CCC(C)C(N)C(=O)O. The van der Waals surface area contributed by atoms with Gasteiger partial charge in [-0.15, -0.1) is 0 Å². The van der Waals surface area contributed by atoms with Gasteiger partial charge in [0.15, 0.2) is 0 Å². The average Bonchev–Trinajstić information content (AvgIpc) is 2.52. The van der Waals surface area contributed by atoms with Gasteiger partial charge in [0.1, 0.15) is 18.1 Å². The van der Waals surface area contributed by atoms with Gasteiger partial charge in [0, 0.05) is 0 Å². The monoisotopic (exact) mass is 369 g/mol. The van der Waals surface area contributed by atoms with Gasteiger partial charge in [-0.25, -0.2) is 0 Å². The molecule has 6 unspecified atom stereocenters. The molecule has 0 aromatic rings. The highest BCUT2D eigenvalue weighted by Crippen LogP contribution is 2.04. The normalized spacial score (nSPS) is 17.2. The Morgan fingerprint density at radius 2 is 0.960 bits per heavy atom. The van der Waals surface area contributed by atoms with Crippen molar-refractivity contribution >= 4 is 17.9 Å². The zero-order valence-corrected chi connectivity index (χ0v) is 14.9. The first kappa shape index (κ1) is 28.0. The molecule has 0 aromatic heterocycles. The summed E-state index contributed by atoms with van der Waals surface area (Å²) < 4.78 is 0. The van der Waals surface area contributed by atoms with Crippen LogP contribution in [0.25, 0.3) is 0 Å². The fourth-order valence-electron chi connectivity index (χ4n) is 0.910. The minimum atomic E-state index is -1.18. The molecular formula is C14H31N3O8. The number of carboxylic acids is 3. The number of carboxylic acid groups (broad SMARTS) is 3. The average molecular weight is 369 g/mol. The molecule has 11 nitrogen and oxygen atoms in total. The summed E-state index contributed by atoms with van der Waals surface area (Å²) in [7, 11) is 0. The van der Waals surface area contributed by atoms with Crippen LogP contribution in [0.1, 0.15) is 34.1 Å². The smallest absolute Gasteiger partial charge is 0.323 e. The number of aliphatic hydroxyl groups excluding tert-OH is 2. The van der Waals surface area contributed by atoms with E-state index in [0.717, 1.165) is 6.42 Å². The lowest BCUT2D eigenvalue weighted by molar-refractivity contribution is -0.141. The third kappa shape index (κ3) is 15.5. The molecule has 6 atom stereocenters. The summed E-state index contributed by atoms with van der Waals surface area (Å²) in [5, 5.41) is 41.5. The molecule has 0 aromatic carbocycles. The van der Waals surface area contributed by atoms with Crippen molar-refractivity contribution in [2.45, 2.75) is 64.4 Å². The van der Waals surface area contributed by atoms with Gasteiger partial charge in [-0.1, -0.05) is 20.3 Å². The third-order valence-corrected chi connectivity index (χ3v) is 3.15. The fourth-order valence-corrected chi connectivity index (χ4v) is 0.910. The van der Waals surface area contributed by atoms with Crippen molar-refractivity contribution < 1.29 is 39.9 Å². The Bertz CT molecular complexity index is 380. The van der Waals surface area contributed by atoms with Gasteiger partial charge >= 0.3 is 17.9 Å². The Hall–Kier alpha value is -1.79. The summed E-state index contributed by atoms with van der Waals surface area (Å²) in [4.78, 5) is 29.9. The molecule has 150 valence electrons. The molecule has 0 rings (SSSR count). The first-order valence-corrected chi connectivity index (χ1v) is 7.51. The predicted octanol–water partition coefficient (Wildman–Crippen LogP) is -2.00. The molecule has 0 saturated carbocycles. The van der Waals surface area contributed by atoms with Crippen LogP contribution in [-0.4, -0.2) is 73.8 Å². The van der Waals surface area contributed by atoms with Gasteiger partial charge in [0.2, 0.25) is 0 Å². The van der Waals surface area contributed by atoms with E-state index in [0.29, 0.717) is 0 Å². The van der Waals surface area contributed by atoms with Crippen molar-refractivity contribution in [1.29, 1.82) is 0 Å². The molecular weight excluding hydrogens is 338 g/mol. The van der Waals surface area contributed by atoms with Gasteiger partial charge in [0.25, 0.3) is 0 Å².